The maximum atomic E-state index is 13.2. The predicted octanol–water partition coefficient (Wildman–Crippen LogP) is 4.69. The van der Waals surface area contributed by atoms with E-state index in [2.05, 4.69) is 24.5 Å². The van der Waals surface area contributed by atoms with Gasteiger partial charge in [0.15, 0.2) is 6.23 Å². The molecule has 0 bridgehead atoms. The van der Waals surface area contributed by atoms with Crippen LogP contribution in [-0.4, -0.2) is 94.5 Å². The number of aliphatic hydroxyl groups is 3. The number of aliphatic hydroxyl groups excluding tert-OH is 3. The van der Waals surface area contributed by atoms with E-state index in [0.29, 0.717) is 6.54 Å². The number of hydrogen-bond donors (Lipinski definition) is 5. The topological polar surface area (TPSA) is 158 Å². The van der Waals surface area contributed by atoms with E-state index in [9.17, 15) is 29.7 Å². The molecule has 2 aliphatic rings. The maximum absolute atomic E-state index is 13.2. The lowest BCUT2D eigenvalue weighted by Gasteiger charge is -2.43. The number of nitrogens with zero attached hydrogens (tertiary/aromatic N) is 1. The smallest absolute Gasteiger partial charge is 0.412 e. The molecule has 11 nitrogen and oxygen atoms in total. The molecule has 262 valence electrons. The fraction of sp³-hybridized carbons (Fsp3) is 0.912. The van der Waals surface area contributed by atoms with Gasteiger partial charge in [0.2, 0.25) is 11.8 Å². The molecular formula is C34H63N3O8. The number of ether oxygens (including phenoxy) is 2. The number of piperidine rings is 1. The second kappa shape index (κ2) is 23.4. The molecule has 0 aromatic rings. The molecule has 45 heavy (non-hydrogen) atoms. The van der Waals surface area contributed by atoms with Gasteiger partial charge in [0.1, 0.15) is 37.0 Å². The molecule has 2 fully saturated rings. The Balaban J connectivity index is 1.82. The summed E-state index contributed by atoms with van der Waals surface area (Å²) in [5, 5.41) is 36.9. The molecule has 2 aliphatic heterocycles. The number of unbranched alkanes of at least 4 members (excludes halogenated alkanes) is 17. The summed E-state index contributed by atoms with van der Waals surface area (Å²) in [5.74, 6) is -0.670. The second-order valence-corrected chi connectivity index (χ2v) is 12.9. The zero-order chi connectivity index (χ0) is 32.9. The van der Waals surface area contributed by atoms with Crippen LogP contribution in [0, 0.1) is 0 Å². The second-order valence-electron chi connectivity index (χ2n) is 12.9. The molecule has 0 radical (unpaired) electrons. The molecule has 11 heteroatoms. The Labute approximate surface area is 271 Å². The van der Waals surface area contributed by atoms with Crippen LogP contribution in [0.25, 0.3) is 0 Å². The van der Waals surface area contributed by atoms with Crippen molar-refractivity contribution in [3.63, 3.8) is 0 Å². The Hall–Kier alpha value is -1.95. The van der Waals surface area contributed by atoms with Gasteiger partial charge in [-0.25, -0.2) is 4.79 Å². The Morgan fingerprint density at radius 1 is 0.778 bits per heavy atom. The monoisotopic (exact) mass is 641 g/mol. The largest absolute Gasteiger partial charge is 0.447 e. The Kier molecular flexibility index (Phi) is 20.4. The lowest BCUT2D eigenvalue weighted by Crippen LogP contribution is -2.66. The summed E-state index contributed by atoms with van der Waals surface area (Å²) in [7, 11) is 0. The van der Waals surface area contributed by atoms with Crippen LogP contribution in [0.2, 0.25) is 0 Å². The van der Waals surface area contributed by atoms with E-state index in [1.54, 1.807) is 0 Å². The molecule has 3 unspecified atom stereocenters. The quantitative estimate of drug-likeness (QED) is 0.0852. The Bertz CT molecular complexity index is 831. The van der Waals surface area contributed by atoms with Gasteiger partial charge < -0.3 is 35.4 Å². The van der Waals surface area contributed by atoms with Gasteiger partial charge in [0, 0.05) is 13.0 Å². The van der Waals surface area contributed by atoms with Gasteiger partial charge in [0.25, 0.3) is 0 Å². The molecule has 2 heterocycles. The summed E-state index contributed by atoms with van der Waals surface area (Å²) in [6.45, 7) is 4.42. The summed E-state index contributed by atoms with van der Waals surface area (Å²) < 4.78 is 10.8. The van der Waals surface area contributed by atoms with E-state index in [0.717, 1.165) is 49.8 Å². The molecule has 0 aromatic carbocycles. The standard InChI is InChI=1S/C34H63N3O8/c1-3-5-7-9-11-13-15-17-19-21-23-35-32(42)26(36-28(38)22-20-18-16-14-12-10-8-6-4-2)24-44-33-31(41)30(40)29(39)27-25-45-34(43)37(27)33/h26-27,29-31,33,39-41H,3-25H2,1-2H3,(H,35,42)(H,36,38)/t26-,27?,29+,30?,31?,33+/m0/s1. The van der Waals surface area contributed by atoms with Gasteiger partial charge in [-0.15, -0.1) is 0 Å². The summed E-state index contributed by atoms with van der Waals surface area (Å²) >= 11 is 0. The molecule has 0 spiro atoms. The van der Waals surface area contributed by atoms with Crippen molar-refractivity contribution < 1.29 is 39.2 Å². The molecule has 2 saturated heterocycles. The van der Waals surface area contributed by atoms with Crippen molar-refractivity contribution in [3.8, 4) is 0 Å². The average Bonchev–Trinajstić information content (AvgIpc) is 3.42. The molecule has 3 amide bonds. The number of cyclic esters (lactones) is 1. The van der Waals surface area contributed by atoms with Crippen LogP contribution in [-0.2, 0) is 19.1 Å². The van der Waals surface area contributed by atoms with E-state index in [1.165, 1.54) is 77.0 Å². The fourth-order valence-electron chi connectivity index (χ4n) is 6.13. The number of fused-ring (bicyclic) bond motifs is 1. The minimum Gasteiger partial charge on any atom is -0.447 e. The molecule has 6 atom stereocenters. The van der Waals surface area contributed by atoms with Crippen molar-refractivity contribution in [2.24, 2.45) is 0 Å². The van der Waals surface area contributed by atoms with E-state index in [1.807, 2.05) is 0 Å². The first-order chi connectivity index (χ1) is 21.8. The summed E-state index contributed by atoms with van der Waals surface area (Å²) in [6.07, 6.45) is 15.6. The summed E-state index contributed by atoms with van der Waals surface area (Å²) in [4.78, 5) is 39.4. The number of amides is 3. The molecule has 0 aromatic heterocycles. The zero-order valence-electron chi connectivity index (χ0n) is 28.1. The van der Waals surface area contributed by atoms with E-state index in [-0.39, 0.29) is 25.5 Å². The van der Waals surface area contributed by atoms with Gasteiger partial charge in [-0.1, -0.05) is 123 Å². The number of carbonyl (C=O) groups is 3. The number of hydrogen-bond acceptors (Lipinski definition) is 8. The highest BCUT2D eigenvalue weighted by Crippen LogP contribution is 2.30. The third kappa shape index (κ3) is 14.6. The summed E-state index contributed by atoms with van der Waals surface area (Å²) in [6, 6.07) is -1.93. The SMILES string of the molecule is CCCCCCCCCCCCNC(=O)[C@H](CO[C@@H]1C(O)C(O)[C@H](O)C2COC(=O)N21)NC(=O)CCCCCCCCCCC. The van der Waals surface area contributed by atoms with Crippen LogP contribution in [0.1, 0.15) is 142 Å². The van der Waals surface area contributed by atoms with E-state index >= 15 is 0 Å². The first kappa shape index (κ1) is 39.2. The van der Waals surface area contributed by atoms with Crippen LogP contribution in [0.4, 0.5) is 4.79 Å². The lowest BCUT2D eigenvalue weighted by atomic mass is 9.94. The zero-order valence-corrected chi connectivity index (χ0v) is 28.1. The van der Waals surface area contributed by atoms with Gasteiger partial charge >= 0.3 is 6.09 Å². The van der Waals surface area contributed by atoms with Crippen molar-refractivity contribution in [1.29, 1.82) is 0 Å². The lowest BCUT2D eigenvalue weighted by molar-refractivity contribution is -0.212. The average molecular weight is 642 g/mol. The van der Waals surface area contributed by atoms with Gasteiger partial charge in [0.05, 0.1) is 6.61 Å². The number of nitrogens with one attached hydrogen (secondary N) is 2. The van der Waals surface area contributed by atoms with Crippen LogP contribution in [0.3, 0.4) is 0 Å². The third-order valence-corrected chi connectivity index (χ3v) is 9.03. The molecule has 2 rings (SSSR count). The minimum absolute atomic E-state index is 0.151. The third-order valence-electron chi connectivity index (χ3n) is 9.03. The minimum atomic E-state index is -1.62. The van der Waals surface area contributed by atoms with Crippen molar-refractivity contribution in [2.45, 2.75) is 179 Å². The van der Waals surface area contributed by atoms with Crippen molar-refractivity contribution in [1.82, 2.24) is 15.5 Å². The van der Waals surface area contributed by atoms with Crippen LogP contribution < -0.4 is 10.6 Å². The highest BCUT2D eigenvalue weighted by Gasteiger charge is 2.54. The van der Waals surface area contributed by atoms with Gasteiger partial charge in [-0.3, -0.25) is 14.5 Å². The predicted molar refractivity (Wildman–Crippen MR) is 173 cm³/mol. The van der Waals surface area contributed by atoms with Crippen molar-refractivity contribution in [3.05, 3.63) is 0 Å². The van der Waals surface area contributed by atoms with Crippen molar-refractivity contribution in [2.75, 3.05) is 19.8 Å². The van der Waals surface area contributed by atoms with Crippen LogP contribution in [0.5, 0.6) is 0 Å². The van der Waals surface area contributed by atoms with E-state index < -0.39 is 48.6 Å². The molecule has 0 aliphatic carbocycles. The van der Waals surface area contributed by atoms with Crippen LogP contribution in [0.15, 0.2) is 0 Å². The molecule has 5 N–H and O–H groups in total. The number of carbonyl (C=O) groups excluding carboxylic acids is 3. The first-order valence-corrected chi connectivity index (χ1v) is 18.0. The van der Waals surface area contributed by atoms with E-state index in [4.69, 9.17) is 9.47 Å². The number of rotatable bonds is 26. The first-order valence-electron chi connectivity index (χ1n) is 18.0. The maximum Gasteiger partial charge on any atom is 0.412 e. The van der Waals surface area contributed by atoms with Gasteiger partial charge in [-0.2, -0.15) is 0 Å². The summed E-state index contributed by atoms with van der Waals surface area (Å²) in [5.41, 5.74) is 0. The molecular weight excluding hydrogens is 578 g/mol. The van der Waals surface area contributed by atoms with Crippen LogP contribution >= 0.6 is 0 Å². The highest BCUT2D eigenvalue weighted by atomic mass is 16.6. The fourth-order valence-corrected chi connectivity index (χ4v) is 6.13. The molecule has 0 saturated carbocycles. The highest BCUT2D eigenvalue weighted by molar-refractivity contribution is 5.87. The normalized spacial score (nSPS) is 23.4. The Morgan fingerprint density at radius 3 is 1.84 bits per heavy atom. The van der Waals surface area contributed by atoms with Gasteiger partial charge in [-0.05, 0) is 12.8 Å². The van der Waals surface area contributed by atoms with Crippen molar-refractivity contribution >= 4 is 17.9 Å². The Morgan fingerprint density at radius 2 is 1.29 bits per heavy atom.